The Hall–Kier alpha value is -2.35. The molecule has 1 amide bonds. The molecular formula is C22H21Cl3FN3O3. The molecule has 170 valence electrons. The van der Waals surface area contributed by atoms with E-state index in [0.29, 0.717) is 19.4 Å². The minimum atomic E-state index is -2.11. The monoisotopic (exact) mass is 499 g/mol. The van der Waals surface area contributed by atoms with Crippen LogP contribution in [0.5, 0.6) is 0 Å². The molecule has 32 heavy (non-hydrogen) atoms. The second-order valence-corrected chi connectivity index (χ2v) is 10.0. The van der Waals surface area contributed by atoms with Gasteiger partial charge in [0.1, 0.15) is 5.82 Å². The van der Waals surface area contributed by atoms with E-state index in [4.69, 9.17) is 34.8 Å². The van der Waals surface area contributed by atoms with Crippen molar-refractivity contribution in [3.8, 4) is 0 Å². The van der Waals surface area contributed by atoms with Gasteiger partial charge in [0.15, 0.2) is 0 Å². The number of amides is 1. The van der Waals surface area contributed by atoms with E-state index in [1.807, 2.05) is 6.08 Å². The highest BCUT2D eigenvalue weighted by Crippen LogP contribution is 2.33. The molecule has 0 saturated heterocycles. The number of carbonyl (C=O) groups is 1. The molecule has 10 heteroatoms. The first kappa shape index (κ1) is 24.3. The Morgan fingerprint density at radius 3 is 2.38 bits per heavy atom. The second kappa shape index (κ2) is 10.1. The Labute approximate surface area is 199 Å². The van der Waals surface area contributed by atoms with Crippen molar-refractivity contribution >= 4 is 52.1 Å². The van der Waals surface area contributed by atoms with Crippen molar-refractivity contribution in [2.45, 2.75) is 35.0 Å². The van der Waals surface area contributed by atoms with Crippen LogP contribution in [-0.4, -0.2) is 26.7 Å². The largest absolute Gasteiger partial charge is 0.381 e. The number of hydrogen-bond donors (Lipinski definition) is 2. The number of rotatable bonds is 7. The number of alkyl halides is 3. The van der Waals surface area contributed by atoms with Crippen LogP contribution in [0.1, 0.15) is 24.8 Å². The quantitative estimate of drug-likeness (QED) is 0.220. The van der Waals surface area contributed by atoms with Crippen molar-refractivity contribution in [3.05, 3.63) is 81.7 Å². The van der Waals surface area contributed by atoms with Crippen LogP contribution in [-0.2, 0) is 11.2 Å². The molecule has 0 radical (unpaired) electrons. The maximum absolute atomic E-state index is 13.3. The predicted molar refractivity (Wildman–Crippen MR) is 125 cm³/mol. The number of nitrogens with one attached hydrogen (secondary N) is 2. The number of halogens is 4. The first-order valence-corrected chi connectivity index (χ1v) is 11.0. The molecule has 6 nitrogen and oxygen atoms in total. The van der Waals surface area contributed by atoms with Crippen LogP contribution >= 0.6 is 34.8 Å². The molecule has 0 fully saturated rings. The van der Waals surface area contributed by atoms with Gasteiger partial charge in [-0.25, -0.2) is 4.39 Å². The summed E-state index contributed by atoms with van der Waals surface area (Å²) < 4.78 is 11.2. The van der Waals surface area contributed by atoms with E-state index in [0.717, 1.165) is 29.7 Å². The zero-order chi connectivity index (χ0) is 23.4. The Morgan fingerprint density at radius 2 is 1.78 bits per heavy atom. The van der Waals surface area contributed by atoms with Crippen LogP contribution in [0.2, 0.25) is 0 Å². The molecule has 2 aromatic rings. The van der Waals surface area contributed by atoms with Crippen LogP contribution in [0.3, 0.4) is 0 Å². The van der Waals surface area contributed by atoms with E-state index in [1.165, 1.54) is 24.3 Å². The summed E-state index contributed by atoms with van der Waals surface area (Å²) in [5.41, 5.74) is 1.80. The molecule has 3 rings (SSSR count). The highest BCUT2D eigenvalue weighted by molar-refractivity contribution is 6.76. The van der Waals surface area contributed by atoms with Gasteiger partial charge in [-0.1, -0.05) is 58.6 Å². The second-order valence-electron chi connectivity index (χ2n) is 7.72. The summed E-state index contributed by atoms with van der Waals surface area (Å²) in [4.78, 5) is 22.8. The molecular weight excluding hydrogens is 480 g/mol. The number of nitro benzene ring substituents is 1. The molecule has 0 aliphatic heterocycles. The maximum atomic E-state index is 13.3. The van der Waals surface area contributed by atoms with Gasteiger partial charge >= 0.3 is 0 Å². The molecule has 1 unspecified atom stereocenters. The third kappa shape index (κ3) is 6.58. The zero-order valence-electron chi connectivity index (χ0n) is 16.9. The van der Waals surface area contributed by atoms with Gasteiger partial charge in [0, 0.05) is 24.4 Å². The standard InChI is InChI=1S/C22H21Cl3FN3O3/c23-22(24,25)20(30)28-21(12-15-3-5-17(26)6-4-15)11-1-2-16(13-21)14-27-18-7-9-19(10-8-18)29(31)32/h3-10,13,27H,1-2,11-12,14H2,(H,28,30). The molecule has 0 saturated carbocycles. The third-order valence-corrected chi connectivity index (χ3v) is 5.77. The van der Waals surface area contributed by atoms with Crippen LogP contribution in [0.25, 0.3) is 0 Å². The fraction of sp³-hybridized carbons (Fsp3) is 0.318. The van der Waals surface area contributed by atoms with E-state index in [1.54, 1.807) is 24.3 Å². The smallest absolute Gasteiger partial charge is 0.272 e. The van der Waals surface area contributed by atoms with Crippen molar-refractivity contribution in [1.29, 1.82) is 0 Å². The molecule has 0 heterocycles. The summed E-state index contributed by atoms with van der Waals surface area (Å²) >= 11 is 17.4. The van der Waals surface area contributed by atoms with Gasteiger partial charge in [-0.3, -0.25) is 14.9 Å². The molecule has 0 bridgehead atoms. The molecule has 1 aliphatic carbocycles. The van der Waals surface area contributed by atoms with E-state index in [2.05, 4.69) is 10.6 Å². The molecule has 0 spiro atoms. The summed E-state index contributed by atoms with van der Waals surface area (Å²) in [5, 5.41) is 16.9. The Balaban J connectivity index is 1.81. The van der Waals surface area contributed by atoms with E-state index < -0.39 is 20.2 Å². The van der Waals surface area contributed by atoms with Crippen LogP contribution in [0, 0.1) is 15.9 Å². The summed E-state index contributed by atoms with van der Waals surface area (Å²) in [5.74, 6) is -1.08. The number of nitro groups is 1. The lowest BCUT2D eigenvalue weighted by atomic mass is 9.79. The number of anilines is 1. The van der Waals surface area contributed by atoms with Crippen LogP contribution in [0.15, 0.2) is 60.2 Å². The van der Waals surface area contributed by atoms with Gasteiger partial charge in [0.2, 0.25) is 0 Å². The number of non-ortho nitro benzene ring substituents is 1. The maximum Gasteiger partial charge on any atom is 0.272 e. The predicted octanol–water partition coefficient (Wildman–Crippen LogP) is 5.72. The van der Waals surface area contributed by atoms with Crippen molar-refractivity contribution in [2.24, 2.45) is 0 Å². The van der Waals surface area contributed by atoms with Gasteiger partial charge in [0.05, 0.1) is 10.5 Å². The minimum Gasteiger partial charge on any atom is -0.381 e. The average molecular weight is 501 g/mol. The fourth-order valence-electron chi connectivity index (χ4n) is 3.77. The average Bonchev–Trinajstić information content (AvgIpc) is 2.74. The number of hydrogen-bond acceptors (Lipinski definition) is 4. The first-order valence-electron chi connectivity index (χ1n) is 9.89. The lowest BCUT2D eigenvalue weighted by molar-refractivity contribution is -0.384. The molecule has 0 aromatic heterocycles. The fourth-order valence-corrected chi connectivity index (χ4v) is 3.91. The molecule has 2 N–H and O–H groups in total. The van der Waals surface area contributed by atoms with E-state index in [-0.39, 0.29) is 11.5 Å². The third-order valence-electron chi connectivity index (χ3n) is 5.25. The Morgan fingerprint density at radius 1 is 1.12 bits per heavy atom. The van der Waals surface area contributed by atoms with Gasteiger partial charge in [-0.2, -0.15) is 0 Å². The highest BCUT2D eigenvalue weighted by atomic mass is 35.6. The summed E-state index contributed by atoms with van der Waals surface area (Å²) in [6.45, 7) is 0.479. The molecule has 1 aliphatic rings. The van der Waals surface area contributed by atoms with Crippen molar-refractivity contribution < 1.29 is 14.1 Å². The number of nitrogens with zero attached hydrogens (tertiary/aromatic N) is 1. The SMILES string of the molecule is O=C(NC1(Cc2ccc(F)cc2)C=C(CNc2ccc([N+](=O)[O-])cc2)CCC1)C(Cl)(Cl)Cl. The minimum absolute atomic E-state index is 0.0140. The van der Waals surface area contributed by atoms with Crippen molar-refractivity contribution in [3.63, 3.8) is 0 Å². The lowest BCUT2D eigenvalue weighted by Gasteiger charge is -2.37. The van der Waals surface area contributed by atoms with Gasteiger partial charge in [-0.15, -0.1) is 0 Å². The molecule has 1 atom stereocenters. The summed E-state index contributed by atoms with van der Waals surface area (Å²) in [7, 11) is 0. The Kier molecular flexibility index (Phi) is 7.64. The normalized spacial score (nSPS) is 18.6. The Bertz CT molecular complexity index is 1010. The number of carbonyl (C=O) groups excluding carboxylic acids is 1. The van der Waals surface area contributed by atoms with Gasteiger partial charge < -0.3 is 10.6 Å². The van der Waals surface area contributed by atoms with E-state index >= 15 is 0 Å². The first-order chi connectivity index (χ1) is 15.1. The van der Waals surface area contributed by atoms with Crippen molar-refractivity contribution in [2.75, 3.05) is 11.9 Å². The topological polar surface area (TPSA) is 84.3 Å². The highest BCUT2D eigenvalue weighted by Gasteiger charge is 2.39. The van der Waals surface area contributed by atoms with Gasteiger partial charge in [-0.05, 0) is 55.5 Å². The summed E-state index contributed by atoms with van der Waals surface area (Å²) in [6, 6.07) is 12.2. The molecule has 2 aromatic carbocycles. The van der Waals surface area contributed by atoms with Gasteiger partial charge in [0.25, 0.3) is 15.4 Å². The zero-order valence-corrected chi connectivity index (χ0v) is 19.2. The summed E-state index contributed by atoms with van der Waals surface area (Å²) in [6.07, 6.45) is 4.58. The van der Waals surface area contributed by atoms with Crippen LogP contribution in [0.4, 0.5) is 15.8 Å². The number of benzene rings is 2. The van der Waals surface area contributed by atoms with E-state index in [9.17, 15) is 19.3 Å². The van der Waals surface area contributed by atoms with Crippen LogP contribution < -0.4 is 10.6 Å². The lowest BCUT2D eigenvalue weighted by Crippen LogP contribution is -2.53. The van der Waals surface area contributed by atoms with Crippen molar-refractivity contribution in [1.82, 2.24) is 5.32 Å².